The lowest BCUT2D eigenvalue weighted by atomic mass is 9.75. The van der Waals surface area contributed by atoms with E-state index in [1.807, 2.05) is 43.6 Å². The minimum absolute atomic E-state index is 0.156. The molecule has 0 aliphatic heterocycles. The summed E-state index contributed by atoms with van der Waals surface area (Å²) in [6, 6.07) is 9.42. The fraction of sp³-hybridized carbons (Fsp3) is 0.316. The highest BCUT2D eigenvalue weighted by molar-refractivity contribution is 5.97. The second-order valence-electron chi connectivity index (χ2n) is 6.70. The lowest BCUT2D eigenvalue weighted by Crippen LogP contribution is -2.41. The van der Waals surface area contributed by atoms with Crippen molar-refractivity contribution in [1.29, 1.82) is 0 Å². The number of nitrogens with one attached hydrogen (secondary N) is 1. The first-order valence-electron chi connectivity index (χ1n) is 8.42. The Labute approximate surface area is 145 Å². The first kappa shape index (κ1) is 15.8. The number of hydrogen-bond donors (Lipinski definition) is 2. The number of aliphatic hydroxyl groups excluding tert-OH is 1. The molecule has 3 aromatic rings. The quantitative estimate of drug-likeness (QED) is 0.765. The second-order valence-corrected chi connectivity index (χ2v) is 6.70. The van der Waals surface area contributed by atoms with E-state index in [-0.39, 0.29) is 24.0 Å². The largest absolute Gasteiger partial charge is 0.393 e. The molecule has 4 rings (SSSR count). The van der Waals surface area contributed by atoms with E-state index in [2.05, 4.69) is 15.4 Å². The Hall–Kier alpha value is -2.73. The summed E-state index contributed by atoms with van der Waals surface area (Å²) in [5, 5.41) is 17.9. The molecule has 1 atom stereocenters. The molecule has 1 aliphatic rings. The number of pyridine rings is 1. The highest BCUT2D eigenvalue weighted by Gasteiger charge is 2.36. The molecule has 6 nitrogen and oxygen atoms in total. The normalized spacial score (nSPS) is 20.9. The van der Waals surface area contributed by atoms with Crippen molar-refractivity contribution < 1.29 is 9.90 Å². The standard InChI is InChI=1S/C19H20N4O2/c1-23-11-15(10-21-23)18(13-7-16(24)8-13)22-19(25)14-6-12-4-2-3-5-17(12)20-9-14/h2-6,9-11,13,16,18,24H,7-8H2,1H3,(H,22,25)/t13?,16?,18-/m1/s1. The van der Waals surface area contributed by atoms with Crippen LogP contribution < -0.4 is 5.32 Å². The van der Waals surface area contributed by atoms with Crippen LogP contribution in [0.5, 0.6) is 0 Å². The summed E-state index contributed by atoms with van der Waals surface area (Å²) in [6.45, 7) is 0. The van der Waals surface area contributed by atoms with Gasteiger partial charge >= 0.3 is 0 Å². The maximum absolute atomic E-state index is 12.8. The fourth-order valence-corrected chi connectivity index (χ4v) is 3.40. The third-order valence-corrected chi connectivity index (χ3v) is 4.84. The fourth-order valence-electron chi connectivity index (χ4n) is 3.40. The SMILES string of the molecule is Cn1cc([C@H](NC(=O)c2cnc3ccccc3c2)C2CC(O)C2)cn1. The van der Waals surface area contributed by atoms with Gasteiger partial charge in [-0.15, -0.1) is 0 Å². The van der Waals surface area contributed by atoms with Gasteiger partial charge < -0.3 is 10.4 Å². The molecule has 2 aromatic heterocycles. The van der Waals surface area contributed by atoms with E-state index < -0.39 is 0 Å². The van der Waals surface area contributed by atoms with Gasteiger partial charge in [0.1, 0.15) is 0 Å². The zero-order chi connectivity index (χ0) is 17.4. The van der Waals surface area contributed by atoms with Gasteiger partial charge in [-0.05, 0) is 30.9 Å². The molecular weight excluding hydrogens is 316 g/mol. The van der Waals surface area contributed by atoms with Crippen molar-refractivity contribution in [2.24, 2.45) is 13.0 Å². The van der Waals surface area contributed by atoms with E-state index in [1.54, 1.807) is 17.1 Å². The number of nitrogens with zero attached hydrogens (tertiary/aromatic N) is 3. The lowest BCUT2D eigenvalue weighted by molar-refractivity contribution is 0.0235. The molecule has 128 valence electrons. The van der Waals surface area contributed by atoms with Gasteiger partial charge in [0.2, 0.25) is 0 Å². The van der Waals surface area contributed by atoms with Crippen LogP contribution in [0.3, 0.4) is 0 Å². The van der Waals surface area contributed by atoms with Gasteiger partial charge in [0, 0.05) is 30.4 Å². The maximum Gasteiger partial charge on any atom is 0.253 e. The molecule has 1 aliphatic carbocycles. The first-order chi connectivity index (χ1) is 12.1. The average molecular weight is 336 g/mol. The molecule has 2 N–H and O–H groups in total. The van der Waals surface area contributed by atoms with Crippen molar-refractivity contribution >= 4 is 16.8 Å². The summed E-state index contributed by atoms with van der Waals surface area (Å²) in [4.78, 5) is 17.1. The third-order valence-electron chi connectivity index (χ3n) is 4.84. The van der Waals surface area contributed by atoms with Crippen LogP contribution in [0.25, 0.3) is 10.9 Å². The topological polar surface area (TPSA) is 80.0 Å². The molecule has 0 saturated heterocycles. The highest BCUT2D eigenvalue weighted by atomic mass is 16.3. The number of aliphatic hydroxyl groups is 1. The van der Waals surface area contributed by atoms with Crippen LogP contribution in [0.2, 0.25) is 0 Å². The molecule has 1 fully saturated rings. The molecule has 1 aromatic carbocycles. The van der Waals surface area contributed by atoms with Crippen molar-refractivity contribution in [2.45, 2.75) is 25.0 Å². The van der Waals surface area contributed by atoms with E-state index in [0.29, 0.717) is 18.4 Å². The molecule has 6 heteroatoms. The second kappa shape index (κ2) is 6.29. The van der Waals surface area contributed by atoms with Crippen LogP contribution in [0, 0.1) is 5.92 Å². The number of para-hydroxylation sites is 1. The molecule has 25 heavy (non-hydrogen) atoms. The van der Waals surface area contributed by atoms with Crippen molar-refractivity contribution in [3.63, 3.8) is 0 Å². The van der Waals surface area contributed by atoms with Crippen molar-refractivity contribution in [3.8, 4) is 0 Å². The van der Waals surface area contributed by atoms with E-state index in [0.717, 1.165) is 16.5 Å². The van der Waals surface area contributed by atoms with Crippen molar-refractivity contribution in [3.05, 3.63) is 60.0 Å². The number of carbonyl (C=O) groups excluding carboxylic acids is 1. The Morgan fingerprint density at radius 1 is 1.32 bits per heavy atom. The Morgan fingerprint density at radius 2 is 2.12 bits per heavy atom. The van der Waals surface area contributed by atoms with E-state index in [1.165, 1.54) is 0 Å². The van der Waals surface area contributed by atoms with Gasteiger partial charge in [-0.2, -0.15) is 5.10 Å². The lowest BCUT2D eigenvalue weighted by Gasteiger charge is -2.37. The van der Waals surface area contributed by atoms with Gasteiger partial charge in [-0.1, -0.05) is 18.2 Å². The molecule has 0 unspecified atom stereocenters. The number of aromatic nitrogens is 3. The average Bonchev–Trinajstić information content (AvgIpc) is 3.03. The maximum atomic E-state index is 12.8. The predicted octanol–water partition coefficient (Wildman–Crippen LogP) is 2.21. The molecule has 0 spiro atoms. The smallest absolute Gasteiger partial charge is 0.253 e. The predicted molar refractivity (Wildman–Crippen MR) is 93.9 cm³/mol. The summed E-state index contributed by atoms with van der Waals surface area (Å²) >= 11 is 0. The number of rotatable bonds is 4. The summed E-state index contributed by atoms with van der Waals surface area (Å²) in [7, 11) is 1.85. The zero-order valence-electron chi connectivity index (χ0n) is 14.0. The minimum atomic E-state index is -0.275. The van der Waals surface area contributed by atoms with Gasteiger partial charge in [-0.3, -0.25) is 14.5 Å². The van der Waals surface area contributed by atoms with Gasteiger partial charge in [0.25, 0.3) is 5.91 Å². The molecule has 1 amide bonds. The monoisotopic (exact) mass is 336 g/mol. The number of hydrogen-bond acceptors (Lipinski definition) is 4. The number of aryl methyl sites for hydroxylation is 1. The molecule has 1 saturated carbocycles. The van der Waals surface area contributed by atoms with Crippen LogP contribution >= 0.6 is 0 Å². The minimum Gasteiger partial charge on any atom is -0.393 e. The van der Waals surface area contributed by atoms with Crippen LogP contribution in [-0.4, -0.2) is 31.9 Å². The van der Waals surface area contributed by atoms with E-state index in [9.17, 15) is 9.90 Å². The Balaban J connectivity index is 1.58. The number of fused-ring (bicyclic) bond motifs is 1. The summed E-state index contributed by atoms with van der Waals surface area (Å²) in [5.74, 6) is 0.0602. The van der Waals surface area contributed by atoms with Crippen LogP contribution in [0.4, 0.5) is 0 Å². The summed E-state index contributed by atoms with van der Waals surface area (Å²) < 4.78 is 1.72. The summed E-state index contributed by atoms with van der Waals surface area (Å²) in [5.41, 5.74) is 2.36. The zero-order valence-corrected chi connectivity index (χ0v) is 14.0. The molecule has 0 radical (unpaired) electrons. The van der Waals surface area contributed by atoms with Crippen LogP contribution in [-0.2, 0) is 7.05 Å². The van der Waals surface area contributed by atoms with Crippen molar-refractivity contribution in [2.75, 3.05) is 0 Å². The van der Waals surface area contributed by atoms with E-state index in [4.69, 9.17) is 0 Å². The first-order valence-corrected chi connectivity index (χ1v) is 8.42. The Kier molecular flexibility index (Phi) is 3.97. The van der Waals surface area contributed by atoms with Gasteiger partial charge in [-0.25, -0.2) is 0 Å². The van der Waals surface area contributed by atoms with E-state index >= 15 is 0 Å². The van der Waals surface area contributed by atoms with Crippen LogP contribution in [0.1, 0.15) is 34.8 Å². The molecule has 0 bridgehead atoms. The summed E-state index contributed by atoms with van der Waals surface area (Å²) in [6.07, 6.45) is 6.39. The third kappa shape index (κ3) is 3.13. The van der Waals surface area contributed by atoms with Gasteiger partial charge in [0.05, 0.1) is 29.4 Å². The van der Waals surface area contributed by atoms with Gasteiger partial charge in [0.15, 0.2) is 0 Å². The Morgan fingerprint density at radius 3 is 2.84 bits per heavy atom. The number of carbonyl (C=O) groups is 1. The van der Waals surface area contributed by atoms with Crippen LogP contribution in [0.15, 0.2) is 48.9 Å². The van der Waals surface area contributed by atoms with Crippen molar-refractivity contribution in [1.82, 2.24) is 20.1 Å². The number of benzene rings is 1. The molecule has 2 heterocycles. The molecular formula is C19H20N4O2. The Bertz CT molecular complexity index is 914. The highest BCUT2D eigenvalue weighted by Crippen LogP contribution is 2.38. The number of amides is 1.